The summed E-state index contributed by atoms with van der Waals surface area (Å²) in [7, 11) is 0. The number of hydrogen-bond donors (Lipinski definition) is 0. The first-order chi connectivity index (χ1) is 6.20. The van der Waals surface area contributed by atoms with Crippen molar-refractivity contribution in [2.75, 3.05) is 0 Å². The Balaban J connectivity index is 2.96. The Hall–Kier alpha value is -1.12. The molecular formula is C10H16N2O. The molecule has 0 aliphatic rings. The molecule has 3 heteroatoms. The van der Waals surface area contributed by atoms with Crippen LogP contribution < -0.4 is 0 Å². The van der Waals surface area contributed by atoms with E-state index in [0.29, 0.717) is 17.7 Å². The molecule has 1 unspecified atom stereocenters. The van der Waals surface area contributed by atoms with Crippen LogP contribution in [0.2, 0.25) is 0 Å². The van der Waals surface area contributed by atoms with Crippen molar-refractivity contribution in [1.82, 2.24) is 9.55 Å². The van der Waals surface area contributed by atoms with E-state index in [0.717, 1.165) is 12.7 Å². The van der Waals surface area contributed by atoms with E-state index in [-0.39, 0.29) is 0 Å². The van der Waals surface area contributed by atoms with Gasteiger partial charge in [-0.15, -0.1) is 0 Å². The van der Waals surface area contributed by atoms with Crippen LogP contribution in [0.25, 0.3) is 0 Å². The Morgan fingerprint density at radius 2 is 2.31 bits per heavy atom. The van der Waals surface area contributed by atoms with Crippen LogP contribution in [-0.2, 0) is 0 Å². The second-order valence-corrected chi connectivity index (χ2v) is 3.56. The molecule has 0 amide bonds. The first-order valence-electron chi connectivity index (χ1n) is 4.67. The summed E-state index contributed by atoms with van der Waals surface area (Å²) >= 11 is 0. The quantitative estimate of drug-likeness (QED) is 0.666. The van der Waals surface area contributed by atoms with Gasteiger partial charge in [0.25, 0.3) is 0 Å². The molecule has 1 aromatic rings. The standard InChI is InChI=1S/C10H16N2O/c1-4-10(8(2)3)12-7-11-5-9(12)6-13/h5-8,10H,4H2,1-3H3. The molecule has 1 heterocycles. The van der Waals surface area contributed by atoms with E-state index >= 15 is 0 Å². The van der Waals surface area contributed by atoms with Crippen molar-refractivity contribution in [1.29, 1.82) is 0 Å². The average molecular weight is 180 g/mol. The van der Waals surface area contributed by atoms with Crippen molar-refractivity contribution in [3.05, 3.63) is 18.2 Å². The summed E-state index contributed by atoms with van der Waals surface area (Å²) in [6.45, 7) is 6.44. The van der Waals surface area contributed by atoms with Crippen LogP contribution >= 0.6 is 0 Å². The molecule has 0 fully saturated rings. The molecule has 0 aliphatic carbocycles. The third kappa shape index (κ3) is 1.97. The van der Waals surface area contributed by atoms with Gasteiger partial charge in [0.15, 0.2) is 6.29 Å². The maximum atomic E-state index is 10.7. The highest BCUT2D eigenvalue weighted by Gasteiger charge is 2.15. The molecule has 1 aromatic heterocycles. The lowest BCUT2D eigenvalue weighted by Crippen LogP contribution is -2.15. The molecule has 0 aromatic carbocycles. The SMILES string of the molecule is CCC(C(C)C)n1cncc1C=O. The largest absolute Gasteiger partial charge is 0.325 e. The van der Waals surface area contributed by atoms with Gasteiger partial charge in [-0.3, -0.25) is 4.79 Å². The van der Waals surface area contributed by atoms with Gasteiger partial charge in [-0.25, -0.2) is 4.98 Å². The Labute approximate surface area is 78.8 Å². The lowest BCUT2D eigenvalue weighted by atomic mass is 10.0. The number of nitrogens with zero attached hydrogens (tertiary/aromatic N) is 2. The van der Waals surface area contributed by atoms with E-state index in [9.17, 15) is 4.79 Å². The highest BCUT2D eigenvalue weighted by molar-refractivity contribution is 5.71. The van der Waals surface area contributed by atoms with Crippen LogP contribution in [0, 0.1) is 5.92 Å². The fraction of sp³-hybridized carbons (Fsp3) is 0.600. The number of carbonyl (C=O) groups excluding carboxylic acids is 1. The summed E-state index contributed by atoms with van der Waals surface area (Å²) in [5.74, 6) is 0.526. The lowest BCUT2D eigenvalue weighted by Gasteiger charge is -2.21. The first-order valence-corrected chi connectivity index (χ1v) is 4.67. The maximum absolute atomic E-state index is 10.7. The molecule has 0 saturated heterocycles. The van der Waals surface area contributed by atoms with E-state index < -0.39 is 0 Å². The van der Waals surface area contributed by atoms with Gasteiger partial charge in [0.1, 0.15) is 5.69 Å². The lowest BCUT2D eigenvalue weighted by molar-refractivity contribution is 0.111. The van der Waals surface area contributed by atoms with Crippen LogP contribution in [0.4, 0.5) is 0 Å². The molecule has 0 bridgehead atoms. The zero-order valence-electron chi connectivity index (χ0n) is 8.40. The van der Waals surface area contributed by atoms with E-state index in [4.69, 9.17) is 0 Å². The minimum atomic E-state index is 0.377. The van der Waals surface area contributed by atoms with Crippen LogP contribution in [0.3, 0.4) is 0 Å². The summed E-state index contributed by atoms with van der Waals surface area (Å²) < 4.78 is 1.96. The van der Waals surface area contributed by atoms with Crippen molar-refractivity contribution in [2.24, 2.45) is 5.92 Å². The van der Waals surface area contributed by atoms with Gasteiger partial charge in [-0.1, -0.05) is 20.8 Å². The fourth-order valence-electron chi connectivity index (χ4n) is 1.67. The summed E-state index contributed by atoms with van der Waals surface area (Å²) in [6.07, 6.45) is 5.23. The maximum Gasteiger partial charge on any atom is 0.168 e. The molecule has 13 heavy (non-hydrogen) atoms. The minimum Gasteiger partial charge on any atom is -0.325 e. The molecule has 3 nitrogen and oxygen atoms in total. The molecule has 0 aliphatic heterocycles. The van der Waals surface area contributed by atoms with Crippen molar-refractivity contribution >= 4 is 6.29 Å². The van der Waals surface area contributed by atoms with Gasteiger partial charge in [-0.05, 0) is 12.3 Å². The zero-order valence-corrected chi connectivity index (χ0v) is 8.40. The van der Waals surface area contributed by atoms with Gasteiger partial charge in [0.05, 0.1) is 12.5 Å². The number of carbonyl (C=O) groups is 1. The number of rotatable bonds is 4. The topological polar surface area (TPSA) is 34.9 Å². The van der Waals surface area contributed by atoms with Crippen LogP contribution in [0.1, 0.15) is 43.7 Å². The molecule has 1 atom stereocenters. The molecule has 0 spiro atoms. The number of aldehydes is 1. The second kappa shape index (κ2) is 4.21. The zero-order chi connectivity index (χ0) is 9.84. The summed E-state index contributed by atoms with van der Waals surface area (Å²) in [5.41, 5.74) is 0.667. The normalized spacial score (nSPS) is 13.2. The van der Waals surface area contributed by atoms with Crippen molar-refractivity contribution in [3.63, 3.8) is 0 Å². The molecule has 0 N–H and O–H groups in total. The molecular weight excluding hydrogens is 164 g/mol. The summed E-state index contributed by atoms with van der Waals surface area (Å²) in [4.78, 5) is 14.6. The second-order valence-electron chi connectivity index (χ2n) is 3.56. The Morgan fingerprint density at radius 3 is 2.77 bits per heavy atom. The molecule has 72 valence electrons. The van der Waals surface area contributed by atoms with Crippen LogP contribution in [-0.4, -0.2) is 15.8 Å². The molecule has 1 rings (SSSR count). The highest BCUT2D eigenvalue weighted by Crippen LogP contribution is 2.21. The van der Waals surface area contributed by atoms with E-state index in [1.54, 1.807) is 12.5 Å². The number of aromatic nitrogens is 2. The number of hydrogen-bond acceptors (Lipinski definition) is 2. The monoisotopic (exact) mass is 180 g/mol. The summed E-state index contributed by atoms with van der Waals surface area (Å²) in [5, 5.41) is 0. The van der Waals surface area contributed by atoms with Gasteiger partial charge in [-0.2, -0.15) is 0 Å². The Bertz CT molecular complexity index is 278. The van der Waals surface area contributed by atoms with E-state index in [1.165, 1.54) is 0 Å². The van der Waals surface area contributed by atoms with Crippen molar-refractivity contribution in [3.8, 4) is 0 Å². The Morgan fingerprint density at radius 1 is 1.62 bits per heavy atom. The predicted molar refractivity (Wildman–Crippen MR) is 51.8 cm³/mol. The number of imidazole rings is 1. The van der Waals surface area contributed by atoms with E-state index in [1.807, 2.05) is 4.57 Å². The van der Waals surface area contributed by atoms with Gasteiger partial charge in [0, 0.05) is 6.04 Å². The predicted octanol–water partition coefficient (Wildman–Crippen LogP) is 2.30. The smallest absolute Gasteiger partial charge is 0.168 e. The van der Waals surface area contributed by atoms with Crippen molar-refractivity contribution < 1.29 is 4.79 Å². The van der Waals surface area contributed by atoms with Crippen LogP contribution in [0.5, 0.6) is 0 Å². The molecule has 0 radical (unpaired) electrons. The third-order valence-electron chi connectivity index (χ3n) is 2.36. The highest BCUT2D eigenvalue weighted by atomic mass is 16.1. The van der Waals surface area contributed by atoms with Gasteiger partial charge < -0.3 is 4.57 Å². The fourth-order valence-corrected chi connectivity index (χ4v) is 1.67. The first kappa shape index (κ1) is 9.96. The van der Waals surface area contributed by atoms with E-state index in [2.05, 4.69) is 25.8 Å². The summed E-state index contributed by atoms with van der Waals surface area (Å²) in [6, 6.07) is 0.377. The van der Waals surface area contributed by atoms with Gasteiger partial charge in [0.2, 0.25) is 0 Å². The van der Waals surface area contributed by atoms with Gasteiger partial charge >= 0.3 is 0 Å². The molecule has 0 saturated carbocycles. The average Bonchev–Trinajstić information content (AvgIpc) is 2.53. The Kier molecular flexibility index (Phi) is 3.23. The van der Waals surface area contributed by atoms with Crippen molar-refractivity contribution in [2.45, 2.75) is 33.2 Å². The third-order valence-corrected chi connectivity index (χ3v) is 2.36. The van der Waals surface area contributed by atoms with Crippen LogP contribution in [0.15, 0.2) is 12.5 Å². The minimum absolute atomic E-state index is 0.377.